The van der Waals surface area contributed by atoms with Crippen LogP contribution in [0.4, 0.5) is 11.4 Å². The lowest BCUT2D eigenvalue weighted by atomic mass is 10.2. The molecule has 0 aromatic heterocycles. The minimum absolute atomic E-state index is 0.118. The smallest absolute Gasteiger partial charge is 0.243 e. The van der Waals surface area contributed by atoms with Crippen LogP contribution < -0.4 is 20.1 Å². The Labute approximate surface area is 135 Å². The first kappa shape index (κ1) is 14.0. The molecule has 1 amide bonds. The van der Waals surface area contributed by atoms with Gasteiger partial charge in [-0.15, -0.1) is 0 Å². The van der Waals surface area contributed by atoms with Crippen molar-refractivity contribution in [1.82, 2.24) is 0 Å². The van der Waals surface area contributed by atoms with Gasteiger partial charge in [0.05, 0.1) is 6.54 Å². The van der Waals surface area contributed by atoms with E-state index in [0.717, 1.165) is 9.26 Å². The van der Waals surface area contributed by atoms with Crippen molar-refractivity contribution in [3.05, 3.63) is 46.0 Å². The van der Waals surface area contributed by atoms with E-state index in [9.17, 15) is 4.79 Å². The Morgan fingerprint density at radius 2 is 1.76 bits per heavy atom. The number of rotatable bonds is 4. The van der Waals surface area contributed by atoms with Gasteiger partial charge in [0.1, 0.15) is 0 Å². The maximum Gasteiger partial charge on any atom is 0.243 e. The van der Waals surface area contributed by atoms with Crippen molar-refractivity contribution < 1.29 is 14.3 Å². The van der Waals surface area contributed by atoms with E-state index in [1.54, 1.807) is 18.2 Å². The highest BCUT2D eigenvalue weighted by molar-refractivity contribution is 14.1. The monoisotopic (exact) mass is 396 g/mol. The van der Waals surface area contributed by atoms with E-state index in [2.05, 4.69) is 33.2 Å². The molecule has 6 heteroatoms. The van der Waals surface area contributed by atoms with Crippen LogP contribution in [0.1, 0.15) is 0 Å². The molecule has 0 bridgehead atoms. The zero-order chi connectivity index (χ0) is 14.7. The zero-order valence-corrected chi connectivity index (χ0v) is 13.2. The van der Waals surface area contributed by atoms with Crippen molar-refractivity contribution in [2.75, 3.05) is 24.0 Å². The van der Waals surface area contributed by atoms with Crippen LogP contribution in [0.15, 0.2) is 42.5 Å². The first-order valence-electron chi connectivity index (χ1n) is 6.40. The number of nitrogens with one attached hydrogen (secondary N) is 2. The number of fused-ring (bicyclic) bond motifs is 1. The molecule has 2 N–H and O–H groups in total. The number of anilines is 2. The number of hydrogen-bond acceptors (Lipinski definition) is 4. The molecular weight excluding hydrogens is 383 g/mol. The molecule has 1 aliphatic heterocycles. The van der Waals surface area contributed by atoms with Gasteiger partial charge in [0.25, 0.3) is 0 Å². The van der Waals surface area contributed by atoms with Crippen LogP contribution in [0.2, 0.25) is 0 Å². The highest BCUT2D eigenvalue weighted by Crippen LogP contribution is 2.34. The average Bonchev–Trinajstić information content (AvgIpc) is 2.94. The third kappa shape index (κ3) is 3.57. The number of ether oxygens (including phenoxy) is 2. The second kappa shape index (κ2) is 6.21. The summed E-state index contributed by atoms with van der Waals surface area (Å²) in [7, 11) is 0. The van der Waals surface area contributed by atoms with Crippen LogP contribution in [-0.4, -0.2) is 19.2 Å². The van der Waals surface area contributed by atoms with Gasteiger partial charge in [-0.1, -0.05) is 0 Å². The number of carbonyl (C=O) groups is 1. The van der Waals surface area contributed by atoms with E-state index < -0.39 is 0 Å². The largest absolute Gasteiger partial charge is 0.454 e. The third-order valence-electron chi connectivity index (χ3n) is 2.95. The molecule has 5 nitrogen and oxygen atoms in total. The summed E-state index contributed by atoms with van der Waals surface area (Å²) >= 11 is 2.24. The predicted molar refractivity (Wildman–Crippen MR) is 88.8 cm³/mol. The van der Waals surface area contributed by atoms with Gasteiger partial charge in [-0.25, -0.2) is 0 Å². The Hall–Kier alpha value is -1.96. The second-order valence-corrected chi connectivity index (χ2v) is 5.72. The lowest BCUT2D eigenvalue weighted by molar-refractivity contribution is -0.114. The van der Waals surface area contributed by atoms with E-state index in [0.29, 0.717) is 17.2 Å². The number of benzene rings is 2. The molecule has 108 valence electrons. The Kier molecular flexibility index (Phi) is 4.14. The molecule has 0 spiro atoms. The van der Waals surface area contributed by atoms with Gasteiger partial charge in [0.15, 0.2) is 11.5 Å². The van der Waals surface area contributed by atoms with Crippen LogP contribution in [0.25, 0.3) is 0 Å². The Bertz CT molecular complexity index is 658. The molecule has 0 saturated carbocycles. The van der Waals surface area contributed by atoms with Crippen LogP contribution in [0, 0.1) is 3.57 Å². The van der Waals surface area contributed by atoms with Gasteiger partial charge in [-0.2, -0.15) is 0 Å². The summed E-state index contributed by atoms with van der Waals surface area (Å²) in [5.41, 5.74) is 1.60. The van der Waals surface area contributed by atoms with Gasteiger partial charge >= 0.3 is 0 Å². The summed E-state index contributed by atoms with van der Waals surface area (Å²) in [5, 5.41) is 5.89. The standard InChI is InChI=1S/C15H13IN2O3/c16-10-1-3-11(4-2-10)17-8-15(19)18-12-5-6-13-14(7-12)21-9-20-13/h1-7,17H,8-9H2,(H,18,19). The molecule has 1 heterocycles. The van der Waals surface area contributed by atoms with Crippen LogP contribution >= 0.6 is 22.6 Å². The molecule has 0 aliphatic carbocycles. The normalized spacial score (nSPS) is 12.0. The molecule has 0 atom stereocenters. The lowest BCUT2D eigenvalue weighted by Crippen LogP contribution is -2.21. The van der Waals surface area contributed by atoms with Crippen molar-refractivity contribution in [2.24, 2.45) is 0 Å². The molecule has 0 radical (unpaired) electrons. The van der Waals surface area contributed by atoms with Crippen molar-refractivity contribution in [3.8, 4) is 11.5 Å². The van der Waals surface area contributed by atoms with Crippen LogP contribution in [-0.2, 0) is 4.79 Å². The molecule has 3 rings (SSSR count). The first-order valence-corrected chi connectivity index (χ1v) is 7.47. The quantitative estimate of drug-likeness (QED) is 0.781. The van der Waals surface area contributed by atoms with E-state index in [1.807, 2.05) is 24.3 Å². The van der Waals surface area contributed by atoms with Crippen LogP contribution in [0.3, 0.4) is 0 Å². The van der Waals surface area contributed by atoms with Gasteiger partial charge in [0, 0.05) is 21.0 Å². The molecule has 2 aromatic carbocycles. The molecule has 0 fully saturated rings. The fourth-order valence-electron chi connectivity index (χ4n) is 1.93. The predicted octanol–water partition coefficient (Wildman–Crippen LogP) is 3.07. The summed E-state index contributed by atoms with van der Waals surface area (Å²) in [6.07, 6.45) is 0. The summed E-state index contributed by atoms with van der Waals surface area (Å²) < 4.78 is 11.7. The number of hydrogen-bond donors (Lipinski definition) is 2. The van der Waals surface area contributed by atoms with Crippen molar-refractivity contribution in [2.45, 2.75) is 0 Å². The molecule has 0 unspecified atom stereocenters. The fraction of sp³-hybridized carbons (Fsp3) is 0.133. The van der Waals surface area contributed by atoms with E-state index in [4.69, 9.17) is 9.47 Å². The van der Waals surface area contributed by atoms with Crippen molar-refractivity contribution >= 4 is 39.9 Å². The Balaban J connectivity index is 1.55. The van der Waals surface area contributed by atoms with Crippen molar-refractivity contribution in [3.63, 3.8) is 0 Å². The number of carbonyl (C=O) groups excluding carboxylic acids is 1. The highest BCUT2D eigenvalue weighted by atomic mass is 127. The molecule has 0 saturated heterocycles. The van der Waals surface area contributed by atoms with Crippen molar-refractivity contribution in [1.29, 1.82) is 0 Å². The third-order valence-corrected chi connectivity index (χ3v) is 3.67. The van der Waals surface area contributed by atoms with E-state index in [-0.39, 0.29) is 19.2 Å². The highest BCUT2D eigenvalue weighted by Gasteiger charge is 2.13. The summed E-state index contributed by atoms with van der Waals surface area (Å²) in [6.45, 7) is 0.427. The Morgan fingerprint density at radius 3 is 2.57 bits per heavy atom. The maximum absolute atomic E-state index is 11.9. The second-order valence-electron chi connectivity index (χ2n) is 4.48. The molecule has 21 heavy (non-hydrogen) atoms. The fourth-order valence-corrected chi connectivity index (χ4v) is 2.29. The van der Waals surface area contributed by atoms with Gasteiger partial charge in [-0.05, 0) is 59.0 Å². The van der Waals surface area contributed by atoms with Gasteiger partial charge in [0.2, 0.25) is 12.7 Å². The minimum Gasteiger partial charge on any atom is -0.454 e. The number of halogens is 1. The SMILES string of the molecule is O=C(CNc1ccc(I)cc1)Nc1ccc2c(c1)OCO2. The van der Waals surface area contributed by atoms with E-state index >= 15 is 0 Å². The summed E-state index contributed by atoms with van der Waals surface area (Å²) in [4.78, 5) is 11.9. The minimum atomic E-state index is -0.118. The zero-order valence-electron chi connectivity index (χ0n) is 11.1. The topological polar surface area (TPSA) is 59.6 Å². The lowest BCUT2D eigenvalue weighted by Gasteiger charge is -2.08. The van der Waals surface area contributed by atoms with E-state index in [1.165, 1.54) is 0 Å². The summed E-state index contributed by atoms with van der Waals surface area (Å²) in [5.74, 6) is 1.23. The first-order chi connectivity index (χ1) is 10.2. The summed E-state index contributed by atoms with van der Waals surface area (Å²) in [6, 6.07) is 13.2. The molecule has 1 aliphatic rings. The average molecular weight is 396 g/mol. The maximum atomic E-state index is 11.9. The van der Waals surface area contributed by atoms with Gasteiger partial charge in [-0.3, -0.25) is 4.79 Å². The molecule has 2 aromatic rings. The van der Waals surface area contributed by atoms with Gasteiger partial charge < -0.3 is 20.1 Å². The van der Waals surface area contributed by atoms with Crippen LogP contribution in [0.5, 0.6) is 11.5 Å². The Morgan fingerprint density at radius 1 is 1.05 bits per heavy atom. The molecular formula is C15H13IN2O3. The number of amides is 1.